The predicted octanol–water partition coefficient (Wildman–Crippen LogP) is 0.782. The molecular weight excluding hydrogens is 232 g/mol. The van der Waals surface area contributed by atoms with Crippen LogP contribution < -0.4 is 11.1 Å². The molecule has 18 heavy (non-hydrogen) atoms. The molecule has 1 aliphatic heterocycles. The maximum atomic E-state index is 12.1. The number of hydrogen-bond donors (Lipinski definition) is 2. The Morgan fingerprint density at radius 3 is 3.11 bits per heavy atom. The van der Waals surface area contributed by atoms with Crippen molar-refractivity contribution in [3.8, 4) is 0 Å². The topological polar surface area (TPSA) is 82.2 Å². The van der Waals surface area contributed by atoms with Crippen LogP contribution in [0.25, 0.3) is 0 Å². The van der Waals surface area contributed by atoms with Crippen molar-refractivity contribution in [2.75, 3.05) is 12.3 Å². The predicted molar refractivity (Wildman–Crippen MR) is 68.2 cm³/mol. The summed E-state index contributed by atoms with van der Waals surface area (Å²) >= 11 is 0. The number of ether oxygens (including phenoxy) is 1. The Labute approximate surface area is 106 Å². The molecule has 2 rings (SSSR count). The van der Waals surface area contributed by atoms with Crippen LogP contribution in [-0.2, 0) is 11.3 Å². The minimum atomic E-state index is -0.196. The third-order valence-corrected chi connectivity index (χ3v) is 3.15. The molecule has 3 N–H and O–H groups in total. The van der Waals surface area contributed by atoms with Crippen molar-refractivity contribution < 1.29 is 9.53 Å². The van der Waals surface area contributed by atoms with Crippen LogP contribution in [0.15, 0.2) is 6.20 Å². The molecule has 0 bridgehead atoms. The number of nitrogens with zero attached hydrogens (tertiary/aromatic N) is 2. The van der Waals surface area contributed by atoms with Crippen LogP contribution in [0.2, 0.25) is 0 Å². The lowest BCUT2D eigenvalue weighted by atomic mass is 10.0. The molecule has 2 heterocycles. The minimum Gasteiger partial charge on any atom is -0.396 e. The highest BCUT2D eigenvalue weighted by molar-refractivity contribution is 5.97. The van der Waals surface area contributed by atoms with Crippen LogP contribution in [0.3, 0.4) is 0 Å². The third kappa shape index (κ3) is 2.81. The fraction of sp³-hybridized carbons (Fsp3) is 0.667. The van der Waals surface area contributed by atoms with E-state index in [0.717, 1.165) is 12.8 Å². The van der Waals surface area contributed by atoms with Crippen LogP contribution in [-0.4, -0.2) is 34.4 Å². The summed E-state index contributed by atoms with van der Waals surface area (Å²) in [6.45, 7) is 5.35. The molecule has 0 aromatic carbocycles. The summed E-state index contributed by atoms with van der Waals surface area (Å²) in [4.78, 5) is 12.1. The van der Waals surface area contributed by atoms with E-state index in [4.69, 9.17) is 10.5 Å². The molecule has 1 aromatic heterocycles. The Kier molecular flexibility index (Phi) is 3.86. The molecule has 0 spiro atoms. The maximum Gasteiger partial charge on any atom is 0.274 e. The van der Waals surface area contributed by atoms with Crippen molar-refractivity contribution in [1.82, 2.24) is 15.1 Å². The highest BCUT2D eigenvalue weighted by atomic mass is 16.5. The van der Waals surface area contributed by atoms with Crippen LogP contribution in [0.1, 0.15) is 37.2 Å². The highest BCUT2D eigenvalue weighted by Gasteiger charge is 2.23. The number of carbonyl (C=O) groups is 1. The molecule has 0 radical (unpaired) electrons. The van der Waals surface area contributed by atoms with Gasteiger partial charge in [-0.3, -0.25) is 9.48 Å². The number of hydrogen-bond acceptors (Lipinski definition) is 4. The quantitative estimate of drug-likeness (QED) is 0.833. The van der Waals surface area contributed by atoms with Gasteiger partial charge in [-0.2, -0.15) is 5.10 Å². The van der Waals surface area contributed by atoms with E-state index in [1.165, 1.54) is 0 Å². The van der Waals surface area contributed by atoms with Gasteiger partial charge in [-0.1, -0.05) is 0 Å². The number of nitrogens with one attached hydrogen (secondary N) is 1. The molecule has 1 fully saturated rings. The largest absolute Gasteiger partial charge is 0.396 e. The lowest BCUT2D eigenvalue weighted by Gasteiger charge is -2.27. The summed E-state index contributed by atoms with van der Waals surface area (Å²) in [6, 6.07) is 0.146. The van der Waals surface area contributed by atoms with E-state index in [9.17, 15) is 4.79 Å². The first-order chi connectivity index (χ1) is 8.60. The number of anilines is 1. The standard InChI is InChI=1S/C12H20N4O2/c1-3-16-7-10(13)11(15-16)12(17)14-9-4-5-18-8(2)6-9/h7-9H,3-6,13H2,1-2H3,(H,14,17). The zero-order chi connectivity index (χ0) is 13.1. The molecule has 2 atom stereocenters. The van der Waals surface area contributed by atoms with Gasteiger partial charge in [0.05, 0.1) is 11.8 Å². The smallest absolute Gasteiger partial charge is 0.274 e. The van der Waals surface area contributed by atoms with Gasteiger partial charge in [0.1, 0.15) is 0 Å². The van der Waals surface area contributed by atoms with E-state index in [1.54, 1.807) is 10.9 Å². The molecule has 100 valence electrons. The summed E-state index contributed by atoms with van der Waals surface area (Å²) in [5.41, 5.74) is 6.52. The van der Waals surface area contributed by atoms with Crippen LogP contribution >= 0.6 is 0 Å². The number of rotatable bonds is 3. The van der Waals surface area contributed by atoms with Gasteiger partial charge in [-0.25, -0.2) is 0 Å². The number of amides is 1. The van der Waals surface area contributed by atoms with Crippen molar-refractivity contribution in [2.24, 2.45) is 0 Å². The zero-order valence-corrected chi connectivity index (χ0v) is 10.8. The molecule has 1 aliphatic rings. The van der Waals surface area contributed by atoms with Gasteiger partial charge in [0.15, 0.2) is 5.69 Å². The van der Waals surface area contributed by atoms with E-state index < -0.39 is 0 Å². The Morgan fingerprint density at radius 1 is 1.72 bits per heavy atom. The van der Waals surface area contributed by atoms with Gasteiger partial charge in [0, 0.05) is 25.4 Å². The Morgan fingerprint density at radius 2 is 2.50 bits per heavy atom. The first kappa shape index (κ1) is 12.9. The van der Waals surface area contributed by atoms with E-state index in [0.29, 0.717) is 24.5 Å². The third-order valence-electron chi connectivity index (χ3n) is 3.15. The van der Waals surface area contributed by atoms with Gasteiger partial charge < -0.3 is 15.8 Å². The van der Waals surface area contributed by atoms with Crippen molar-refractivity contribution in [3.05, 3.63) is 11.9 Å². The van der Waals surface area contributed by atoms with Gasteiger partial charge >= 0.3 is 0 Å². The summed E-state index contributed by atoms with van der Waals surface area (Å²) in [5.74, 6) is -0.196. The average Bonchev–Trinajstić information content (AvgIpc) is 2.70. The normalized spacial score (nSPS) is 23.9. The maximum absolute atomic E-state index is 12.1. The number of nitrogens with two attached hydrogens (primary N) is 1. The number of carbonyl (C=O) groups excluding carboxylic acids is 1. The molecule has 6 heteroatoms. The number of aromatic nitrogens is 2. The molecule has 6 nitrogen and oxygen atoms in total. The van der Waals surface area contributed by atoms with Gasteiger partial charge in [0.2, 0.25) is 0 Å². The monoisotopic (exact) mass is 252 g/mol. The summed E-state index contributed by atoms with van der Waals surface area (Å²) in [6.07, 6.45) is 3.54. The Bertz CT molecular complexity index is 430. The fourth-order valence-corrected chi connectivity index (χ4v) is 2.16. The molecule has 2 unspecified atom stereocenters. The Hall–Kier alpha value is -1.56. The van der Waals surface area contributed by atoms with Crippen LogP contribution in [0.5, 0.6) is 0 Å². The van der Waals surface area contributed by atoms with E-state index >= 15 is 0 Å². The SMILES string of the molecule is CCn1cc(N)c(C(=O)NC2CCOC(C)C2)n1. The second-order valence-corrected chi connectivity index (χ2v) is 4.66. The molecule has 1 aromatic rings. The molecule has 1 amide bonds. The van der Waals surface area contributed by atoms with Crippen molar-refractivity contribution in [1.29, 1.82) is 0 Å². The van der Waals surface area contributed by atoms with Crippen LogP contribution in [0.4, 0.5) is 5.69 Å². The van der Waals surface area contributed by atoms with E-state index in [1.807, 2.05) is 13.8 Å². The second kappa shape index (κ2) is 5.39. The fourth-order valence-electron chi connectivity index (χ4n) is 2.16. The molecule has 0 saturated carbocycles. The number of nitrogen functional groups attached to an aromatic ring is 1. The summed E-state index contributed by atoms with van der Waals surface area (Å²) in [5, 5.41) is 7.13. The average molecular weight is 252 g/mol. The van der Waals surface area contributed by atoms with E-state index in [2.05, 4.69) is 10.4 Å². The van der Waals surface area contributed by atoms with Crippen molar-refractivity contribution >= 4 is 11.6 Å². The zero-order valence-electron chi connectivity index (χ0n) is 10.8. The van der Waals surface area contributed by atoms with Crippen molar-refractivity contribution in [2.45, 2.75) is 45.4 Å². The summed E-state index contributed by atoms with van der Waals surface area (Å²) < 4.78 is 7.11. The lowest BCUT2D eigenvalue weighted by molar-refractivity contribution is 0.0136. The highest BCUT2D eigenvalue weighted by Crippen LogP contribution is 2.15. The van der Waals surface area contributed by atoms with E-state index in [-0.39, 0.29) is 18.1 Å². The lowest BCUT2D eigenvalue weighted by Crippen LogP contribution is -2.41. The van der Waals surface area contributed by atoms with Crippen LogP contribution in [0, 0.1) is 0 Å². The number of aryl methyl sites for hydroxylation is 1. The molecule has 1 saturated heterocycles. The molecular formula is C12H20N4O2. The first-order valence-corrected chi connectivity index (χ1v) is 6.35. The van der Waals surface area contributed by atoms with Crippen molar-refractivity contribution in [3.63, 3.8) is 0 Å². The Balaban J connectivity index is 2.00. The van der Waals surface area contributed by atoms with Gasteiger partial charge in [-0.15, -0.1) is 0 Å². The molecule has 0 aliphatic carbocycles. The van der Waals surface area contributed by atoms with Gasteiger partial charge in [-0.05, 0) is 26.7 Å². The minimum absolute atomic E-state index is 0.146. The summed E-state index contributed by atoms with van der Waals surface area (Å²) in [7, 11) is 0. The second-order valence-electron chi connectivity index (χ2n) is 4.66. The van der Waals surface area contributed by atoms with Gasteiger partial charge in [0.25, 0.3) is 5.91 Å². The first-order valence-electron chi connectivity index (χ1n) is 6.35.